The molecule has 4 aliphatic heterocycles. The summed E-state index contributed by atoms with van der Waals surface area (Å²) in [5.74, 6) is 1.59. The van der Waals surface area contributed by atoms with Crippen LogP contribution in [0.25, 0.3) is 11.5 Å². The fourth-order valence-corrected chi connectivity index (χ4v) is 9.13. The number of fused-ring (bicyclic) bond motifs is 2. The Kier molecular flexibility index (Phi) is 11.3. The zero-order valence-corrected chi connectivity index (χ0v) is 34.8. The highest BCUT2D eigenvalue weighted by Gasteiger charge is 2.44. The number of piperidine rings is 2. The zero-order chi connectivity index (χ0) is 41.5. The van der Waals surface area contributed by atoms with E-state index >= 15 is 0 Å². The third-order valence-corrected chi connectivity index (χ3v) is 12.7. The lowest BCUT2D eigenvalue weighted by Gasteiger charge is -2.39. The van der Waals surface area contributed by atoms with Crippen LogP contribution in [0.15, 0.2) is 55.2 Å². The molecule has 5 aromatic heterocycles. The van der Waals surface area contributed by atoms with E-state index < -0.39 is 12.1 Å². The van der Waals surface area contributed by atoms with E-state index in [0.29, 0.717) is 34.5 Å². The first-order valence-corrected chi connectivity index (χ1v) is 21.1. The maximum Gasteiger partial charge on any atom is 0.323 e. The summed E-state index contributed by atoms with van der Waals surface area (Å²) in [5, 5.41) is 21.6. The van der Waals surface area contributed by atoms with Gasteiger partial charge >= 0.3 is 6.03 Å². The van der Waals surface area contributed by atoms with Crippen molar-refractivity contribution in [3.8, 4) is 5.82 Å². The first-order valence-electron chi connectivity index (χ1n) is 20.4. The summed E-state index contributed by atoms with van der Waals surface area (Å²) in [6.07, 6.45) is 13.2. The Labute approximate surface area is 356 Å². The van der Waals surface area contributed by atoms with Crippen LogP contribution in [0.4, 0.5) is 22.0 Å². The van der Waals surface area contributed by atoms with E-state index in [4.69, 9.17) is 32.9 Å². The van der Waals surface area contributed by atoms with Crippen LogP contribution < -0.4 is 20.9 Å². The topological polar surface area (TPSA) is 196 Å². The molecule has 0 spiro atoms. The number of rotatable bonds is 10. The van der Waals surface area contributed by atoms with E-state index in [1.807, 2.05) is 13.1 Å². The molecule has 4 aliphatic rings. The number of carbonyl (C=O) groups is 3. The number of urea groups is 1. The van der Waals surface area contributed by atoms with Crippen molar-refractivity contribution in [3.63, 3.8) is 0 Å². The van der Waals surface area contributed by atoms with Crippen molar-refractivity contribution < 1.29 is 19.1 Å². The molecule has 5 aromatic rings. The zero-order valence-electron chi connectivity index (χ0n) is 33.2. The third-order valence-electron chi connectivity index (χ3n) is 12.2. The van der Waals surface area contributed by atoms with Gasteiger partial charge < -0.3 is 35.4 Å². The first-order chi connectivity index (χ1) is 29.1. The number of epoxide rings is 1. The molecule has 60 heavy (non-hydrogen) atoms. The molecule has 20 heteroatoms. The van der Waals surface area contributed by atoms with Crippen molar-refractivity contribution in [1.82, 2.24) is 54.7 Å². The molecule has 18 nitrogen and oxygen atoms in total. The number of halogens is 2. The normalized spacial score (nSPS) is 21.8. The highest BCUT2D eigenvalue weighted by Crippen LogP contribution is 2.35. The van der Waals surface area contributed by atoms with Crippen LogP contribution in [-0.2, 0) is 14.3 Å². The number of anilines is 3. The van der Waals surface area contributed by atoms with Gasteiger partial charge in [-0.15, -0.1) is 4.80 Å². The van der Waals surface area contributed by atoms with Crippen molar-refractivity contribution in [2.75, 3.05) is 55.3 Å². The number of hydrogen-bond donors (Lipinski definition) is 3. The molecule has 0 aliphatic carbocycles. The van der Waals surface area contributed by atoms with Gasteiger partial charge in [-0.1, -0.05) is 29.3 Å². The van der Waals surface area contributed by atoms with Gasteiger partial charge in [0.2, 0.25) is 11.8 Å². The molecule has 4 amide bonds. The minimum absolute atomic E-state index is 0.0248. The third kappa shape index (κ3) is 8.46. The number of carbonyl (C=O) groups excluding carboxylic acids is 3. The number of nitrogens with one attached hydrogen (secondary N) is 3. The van der Waals surface area contributed by atoms with Gasteiger partial charge in [0.05, 0.1) is 58.8 Å². The summed E-state index contributed by atoms with van der Waals surface area (Å²) in [5.41, 5.74) is 2.68. The SMILES string of the molecule is C[C@H](c1c(NC(=O)Nc2cnc(-n3nccn3)c(Cl)c2)cnc2cc(Cl)nn12)N(C)C(=O)C1CCN(CC2CCN(c3ccc(C4CCC5OC5NC4=O)cn3)CC2)CC1. The predicted molar refractivity (Wildman–Crippen MR) is 223 cm³/mol. The van der Waals surface area contributed by atoms with E-state index in [0.717, 1.165) is 82.6 Å². The van der Waals surface area contributed by atoms with E-state index in [2.05, 4.69) is 63.1 Å². The lowest BCUT2D eigenvalue weighted by atomic mass is 9.91. The molecular weight excluding hydrogens is 811 g/mol. The Balaban J connectivity index is 0.774. The molecule has 3 unspecified atom stereocenters. The molecule has 3 N–H and O–H groups in total. The Morgan fingerprint density at radius 2 is 1.73 bits per heavy atom. The number of hydrogen-bond acceptors (Lipinski definition) is 12. The fraction of sp³-hybridized carbons (Fsp3) is 0.475. The average molecular weight is 858 g/mol. The molecule has 0 aromatic carbocycles. The first kappa shape index (κ1) is 40.0. The summed E-state index contributed by atoms with van der Waals surface area (Å²) in [7, 11) is 1.78. The summed E-state index contributed by atoms with van der Waals surface area (Å²) in [4.78, 5) is 61.4. The Morgan fingerprint density at radius 3 is 2.47 bits per heavy atom. The number of likely N-dealkylation sites (tertiary alicyclic amines) is 1. The quantitative estimate of drug-likeness (QED) is 0.161. The Hall–Kier alpha value is -5.43. The molecule has 314 valence electrons. The van der Waals surface area contributed by atoms with Crippen LogP contribution in [0.2, 0.25) is 10.2 Å². The van der Waals surface area contributed by atoms with Crippen LogP contribution >= 0.6 is 23.2 Å². The minimum Gasteiger partial charge on any atom is -0.357 e. The monoisotopic (exact) mass is 856 g/mol. The van der Waals surface area contributed by atoms with Gasteiger partial charge in [0.1, 0.15) is 11.9 Å². The minimum atomic E-state index is -0.572. The average Bonchev–Trinajstić information content (AvgIpc) is 3.58. The van der Waals surface area contributed by atoms with Crippen molar-refractivity contribution in [3.05, 3.63) is 76.7 Å². The maximum absolute atomic E-state index is 14.1. The number of aromatic nitrogens is 8. The number of amides is 4. The molecule has 9 rings (SSSR count). The second kappa shape index (κ2) is 16.9. The van der Waals surface area contributed by atoms with Gasteiger partial charge in [-0.2, -0.15) is 15.3 Å². The molecule has 4 atom stereocenters. The van der Waals surface area contributed by atoms with Crippen LogP contribution in [0.3, 0.4) is 0 Å². The van der Waals surface area contributed by atoms with E-state index in [1.165, 1.54) is 29.6 Å². The smallest absolute Gasteiger partial charge is 0.323 e. The molecule has 9 heterocycles. The second-order valence-corrected chi connectivity index (χ2v) is 16.8. The highest BCUT2D eigenvalue weighted by atomic mass is 35.5. The molecule has 4 saturated heterocycles. The highest BCUT2D eigenvalue weighted by molar-refractivity contribution is 6.32. The lowest BCUT2D eigenvalue weighted by Crippen LogP contribution is -2.45. The Bertz CT molecular complexity index is 2360. The maximum atomic E-state index is 14.1. The van der Waals surface area contributed by atoms with Gasteiger partial charge in [-0.3, -0.25) is 9.59 Å². The standard InChI is InChI=1S/C40H46Cl2N14O4/c1-23(35-30(21-44-34-18-32(42)51-55(34)35)49-40(59)48-27-17-29(41)36(45-20-27)56-46-11-12-47-56)52(2)39(58)25-9-13-53(14-10-25)22-24-7-15-54(16-8-24)33-6-3-26(19-43-33)28-4-5-31-38(60-31)50-37(28)57/h3,6,11-12,17-21,23-25,28,31,38H,4-5,7-10,13-16,22H2,1-2H3,(H,50,57)(H2,48,49,59)/t23-,28?,31?,38?/m1/s1. The second-order valence-electron chi connectivity index (χ2n) is 16.0. The molecule has 0 saturated carbocycles. The lowest BCUT2D eigenvalue weighted by molar-refractivity contribution is -0.137. The van der Waals surface area contributed by atoms with Crippen molar-refractivity contribution in [2.45, 2.75) is 69.7 Å². The summed E-state index contributed by atoms with van der Waals surface area (Å²) < 4.78 is 7.02. The van der Waals surface area contributed by atoms with Gasteiger partial charge in [-0.25, -0.2) is 24.3 Å². The van der Waals surface area contributed by atoms with Gasteiger partial charge in [0, 0.05) is 44.9 Å². The van der Waals surface area contributed by atoms with Gasteiger partial charge in [-0.05, 0) is 82.2 Å². The van der Waals surface area contributed by atoms with Crippen LogP contribution in [0.5, 0.6) is 0 Å². The summed E-state index contributed by atoms with van der Waals surface area (Å²) in [6, 6.07) is 6.20. The van der Waals surface area contributed by atoms with Gasteiger partial charge in [0.25, 0.3) is 0 Å². The molecule has 4 fully saturated rings. The molecule has 0 radical (unpaired) electrons. The number of ether oxygens (including phenoxy) is 1. The van der Waals surface area contributed by atoms with Crippen LogP contribution in [-0.4, -0.2) is 119 Å². The van der Waals surface area contributed by atoms with E-state index in [1.54, 1.807) is 28.6 Å². The van der Waals surface area contributed by atoms with Gasteiger partial charge in [0.15, 0.2) is 22.8 Å². The number of pyridine rings is 2. The van der Waals surface area contributed by atoms with E-state index in [9.17, 15) is 14.4 Å². The van der Waals surface area contributed by atoms with E-state index in [-0.39, 0.29) is 46.2 Å². The predicted octanol–water partition coefficient (Wildman–Crippen LogP) is 4.92. The molecular formula is C40H46Cl2N14O4. The fourth-order valence-electron chi connectivity index (χ4n) is 8.71. The van der Waals surface area contributed by atoms with Crippen molar-refractivity contribution >= 4 is 63.9 Å². The van der Waals surface area contributed by atoms with Crippen LogP contribution in [0, 0.1) is 11.8 Å². The van der Waals surface area contributed by atoms with Crippen molar-refractivity contribution in [1.29, 1.82) is 0 Å². The van der Waals surface area contributed by atoms with Crippen molar-refractivity contribution in [2.24, 2.45) is 11.8 Å². The summed E-state index contributed by atoms with van der Waals surface area (Å²) >= 11 is 12.7. The number of nitrogens with zero attached hydrogens (tertiary/aromatic N) is 11. The largest absolute Gasteiger partial charge is 0.357 e. The molecule has 0 bridgehead atoms. The van der Waals surface area contributed by atoms with Crippen LogP contribution in [0.1, 0.15) is 68.7 Å². The summed E-state index contributed by atoms with van der Waals surface area (Å²) in [6.45, 7) is 6.48. The Morgan fingerprint density at radius 1 is 0.950 bits per heavy atom.